The van der Waals surface area contributed by atoms with Crippen LogP contribution in [0.4, 0.5) is 0 Å². The lowest BCUT2D eigenvalue weighted by molar-refractivity contribution is 0.0973. The minimum Gasteiger partial charge on any atom is -0.315 e. The van der Waals surface area contributed by atoms with Crippen LogP contribution < -0.4 is 10.9 Å². The van der Waals surface area contributed by atoms with Crippen LogP contribution in [0.2, 0.25) is 0 Å². The molecule has 1 atom stereocenters. The Morgan fingerprint density at radius 1 is 1.29 bits per heavy atom. The van der Waals surface area contributed by atoms with Crippen LogP contribution in [0.1, 0.15) is 17.7 Å². The highest BCUT2D eigenvalue weighted by molar-refractivity contribution is 5.46. The van der Waals surface area contributed by atoms with Gasteiger partial charge in [-0.25, -0.2) is 4.98 Å². The van der Waals surface area contributed by atoms with Gasteiger partial charge in [-0.15, -0.1) is 0 Å². The summed E-state index contributed by atoms with van der Waals surface area (Å²) >= 11 is 0. The van der Waals surface area contributed by atoms with Crippen LogP contribution in [0, 0.1) is 6.92 Å². The van der Waals surface area contributed by atoms with E-state index >= 15 is 0 Å². The molecule has 6 heteroatoms. The van der Waals surface area contributed by atoms with Crippen molar-refractivity contribution >= 4 is 5.65 Å². The summed E-state index contributed by atoms with van der Waals surface area (Å²) in [4.78, 5) is 22.0. The van der Waals surface area contributed by atoms with E-state index < -0.39 is 0 Å². The summed E-state index contributed by atoms with van der Waals surface area (Å²) in [6, 6.07) is 6.28. The summed E-state index contributed by atoms with van der Waals surface area (Å²) in [5.74, 6) is 0. The molecule has 0 aromatic carbocycles. The third kappa shape index (κ3) is 3.09. The number of aryl methyl sites for hydroxylation is 1. The first-order valence-corrected chi connectivity index (χ1v) is 8.86. The standard InChI is InChI=1S/C18H25N5O/c1-14-3-2-6-23-17(24)11-15(20-18(14)23)13-21-7-9-22(10-8-21)16-4-5-19-12-16/h2-3,6,11,16,19H,4-5,7-10,12-13H2,1H3. The van der Waals surface area contributed by atoms with Crippen LogP contribution in [0.3, 0.4) is 0 Å². The molecule has 0 aliphatic carbocycles. The summed E-state index contributed by atoms with van der Waals surface area (Å²) in [6.45, 7) is 9.35. The molecule has 2 aliphatic heterocycles. The van der Waals surface area contributed by atoms with Gasteiger partial charge >= 0.3 is 0 Å². The van der Waals surface area contributed by atoms with E-state index in [-0.39, 0.29) is 5.56 Å². The second-order valence-corrected chi connectivity index (χ2v) is 6.93. The van der Waals surface area contributed by atoms with Crippen molar-refractivity contribution in [3.8, 4) is 0 Å². The summed E-state index contributed by atoms with van der Waals surface area (Å²) in [5, 5.41) is 3.45. The molecule has 0 bridgehead atoms. The van der Waals surface area contributed by atoms with Crippen LogP contribution in [-0.2, 0) is 6.54 Å². The molecule has 128 valence electrons. The van der Waals surface area contributed by atoms with Crippen molar-refractivity contribution in [1.82, 2.24) is 24.5 Å². The molecule has 1 unspecified atom stereocenters. The van der Waals surface area contributed by atoms with E-state index in [1.807, 2.05) is 19.1 Å². The van der Waals surface area contributed by atoms with Crippen LogP contribution in [-0.4, -0.2) is 64.5 Å². The zero-order valence-electron chi connectivity index (χ0n) is 14.2. The molecule has 2 fully saturated rings. The summed E-state index contributed by atoms with van der Waals surface area (Å²) < 4.78 is 1.63. The van der Waals surface area contributed by atoms with E-state index in [2.05, 4.69) is 15.1 Å². The quantitative estimate of drug-likeness (QED) is 0.889. The van der Waals surface area contributed by atoms with Crippen LogP contribution in [0.15, 0.2) is 29.2 Å². The molecule has 0 spiro atoms. The van der Waals surface area contributed by atoms with E-state index in [0.29, 0.717) is 6.04 Å². The number of nitrogens with zero attached hydrogens (tertiary/aromatic N) is 4. The van der Waals surface area contributed by atoms with E-state index in [4.69, 9.17) is 4.98 Å². The normalized spacial score (nSPS) is 23.1. The van der Waals surface area contributed by atoms with Gasteiger partial charge in [0.15, 0.2) is 0 Å². The monoisotopic (exact) mass is 327 g/mol. The van der Waals surface area contributed by atoms with Gasteiger partial charge in [0.25, 0.3) is 5.56 Å². The van der Waals surface area contributed by atoms with Gasteiger partial charge in [-0.2, -0.15) is 0 Å². The predicted octanol–water partition coefficient (Wildman–Crippen LogP) is 0.482. The van der Waals surface area contributed by atoms with Gasteiger partial charge in [-0.3, -0.25) is 19.0 Å². The fourth-order valence-electron chi connectivity index (χ4n) is 3.86. The molecular weight excluding hydrogens is 302 g/mol. The van der Waals surface area contributed by atoms with Crippen molar-refractivity contribution in [3.63, 3.8) is 0 Å². The number of pyridine rings is 1. The molecular formula is C18H25N5O. The highest BCUT2D eigenvalue weighted by Crippen LogP contribution is 2.14. The second kappa shape index (κ2) is 6.63. The molecule has 2 aliphatic rings. The topological polar surface area (TPSA) is 52.9 Å². The van der Waals surface area contributed by atoms with Gasteiger partial charge in [-0.1, -0.05) is 6.07 Å². The number of fused-ring (bicyclic) bond motifs is 1. The molecule has 0 saturated carbocycles. The maximum Gasteiger partial charge on any atom is 0.258 e. The Morgan fingerprint density at radius 3 is 2.88 bits per heavy atom. The van der Waals surface area contributed by atoms with Crippen molar-refractivity contribution in [2.24, 2.45) is 0 Å². The first-order valence-electron chi connectivity index (χ1n) is 8.86. The average molecular weight is 327 g/mol. The third-order valence-corrected chi connectivity index (χ3v) is 5.28. The van der Waals surface area contributed by atoms with Crippen molar-refractivity contribution in [2.75, 3.05) is 39.3 Å². The first kappa shape index (κ1) is 15.7. The number of piperazine rings is 1. The third-order valence-electron chi connectivity index (χ3n) is 5.28. The maximum atomic E-state index is 12.3. The molecule has 2 aromatic heterocycles. The molecule has 6 nitrogen and oxygen atoms in total. The van der Waals surface area contributed by atoms with Crippen LogP contribution in [0.25, 0.3) is 5.65 Å². The maximum absolute atomic E-state index is 12.3. The first-order chi connectivity index (χ1) is 11.7. The molecule has 4 heterocycles. The highest BCUT2D eigenvalue weighted by Gasteiger charge is 2.26. The smallest absolute Gasteiger partial charge is 0.258 e. The molecule has 1 N–H and O–H groups in total. The Bertz CT molecular complexity index is 773. The predicted molar refractivity (Wildman–Crippen MR) is 94.3 cm³/mol. The number of hydrogen-bond donors (Lipinski definition) is 1. The number of rotatable bonds is 3. The Labute approximate surface area is 142 Å². The molecule has 2 aromatic rings. The SMILES string of the molecule is Cc1cccn2c(=O)cc(CN3CCN(C4CCNC4)CC3)nc12. The average Bonchev–Trinajstić information content (AvgIpc) is 3.11. The minimum atomic E-state index is 0.00867. The second-order valence-electron chi connectivity index (χ2n) is 6.93. The molecule has 2 saturated heterocycles. The molecule has 4 rings (SSSR count). The fraction of sp³-hybridized carbons (Fsp3) is 0.556. The van der Waals surface area contributed by atoms with Crippen LogP contribution in [0.5, 0.6) is 0 Å². The van der Waals surface area contributed by atoms with Crippen molar-refractivity contribution in [1.29, 1.82) is 0 Å². The van der Waals surface area contributed by atoms with Crippen molar-refractivity contribution in [2.45, 2.75) is 25.9 Å². The highest BCUT2D eigenvalue weighted by atomic mass is 16.1. The number of nitrogens with one attached hydrogen (secondary N) is 1. The van der Waals surface area contributed by atoms with Crippen LogP contribution >= 0.6 is 0 Å². The lowest BCUT2D eigenvalue weighted by atomic mass is 10.2. The summed E-state index contributed by atoms with van der Waals surface area (Å²) in [7, 11) is 0. The molecule has 24 heavy (non-hydrogen) atoms. The fourth-order valence-corrected chi connectivity index (χ4v) is 3.86. The Hall–Kier alpha value is -1.76. The minimum absolute atomic E-state index is 0.00867. The zero-order chi connectivity index (χ0) is 16.5. The lowest BCUT2D eigenvalue weighted by Gasteiger charge is -2.37. The van der Waals surface area contributed by atoms with Gasteiger partial charge in [0.1, 0.15) is 5.65 Å². The van der Waals surface area contributed by atoms with Crippen molar-refractivity contribution < 1.29 is 0 Å². The summed E-state index contributed by atoms with van der Waals surface area (Å²) in [6.07, 6.45) is 3.05. The Kier molecular flexibility index (Phi) is 4.35. The van der Waals surface area contributed by atoms with Gasteiger partial charge in [0, 0.05) is 57.6 Å². The van der Waals surface area contributed by atoms with E-state index in [1.54, 1.807) is 16.7 Å². The van der Waals surface area contributed by atoms with Crippen molar-refractivity contribution in [3.05, 3.63) is 46.0 Å². The van der Waals surface area contributed by atoms with Gasteiger partial charge in [0.05, 0.1) is 5.69 Å². The number of aromatic nitrogens is 2. The van der Waals surface area contributed by atoms with E-state index in [9.17, 15) is 4.79 Å². The van der Waals surface area contributed by atoms with Gasteiger partial charge in [-0.05, 0) is 31.5 Å². The Balaban J connectivity index is 1.45. The van der Waals surface area contributed by atoms with Gasteiger partial charge < -0.3 is 5.32 Å². The largest absolute Gasteiger partial charge is 0.315 e. The van der Waals surface area contributed by atoms with E-state index in [0.717, 1.165) is 62.7 Å². The molecule has 0 amide bonds. The molecule has 0 radical (unpaired) electrons. The number of hydrogen-bond acceptors (Lipinski definition) is 5. The van der Waals surface area contributed by atoms with Gasteiger partial charge in [0.2, 0.25) is 0 Å². The Morgan fingerprint density at radius 2 is 2.12 bits per heavy atom. The zero-order valence-corrected chi connectivity index (χ0v) is 14.2. The lowest BCUT2D eigenvalue weighted by Crippen LogP contribution is -2.50. The van der Waals surface area contributed by atoms with E-state index in [1.165, 1.54) is 6.42 Å². The summed E-state index contributed by atoms with van der Waals surface area (Å²) in [5.41, 5.74) is 2.70.